The van der Waals surface area contributed by atoms with Crippen LogP contribution in [-0.4, -0.2) is 65.5 Å². The number of rotatable bonds is 7. The largest absolute Gasteiger partial charge is 0.463 e. The molecule has 1 saturated heterocycles. The van der Waals surface area contributed by atoms with Crippen molar-refractivity contribution in [2.75, 3.05) is 25.1 Å². The van der Waals surface area contributed by atoms with E-state index < -0.39 is 35.7 Å². The average Bonchev–Trinajstić information content (AvgIpc) is 3.53. The second-order valence-corrected chi connectivity index (χ2v) is 11.5. The van der Waals surface area contributed by atoms with Gasteiger partial charge in [-0.1, -0.05) is 72.8 Å². The van der Waals surface area contributed by atoms with E-state index in [4.69, 9.17) is 4.74 Å². The molecule has 1 fully saturated rings. The van der Waals surface area contributed by atoms with Gasteiger partial charge in [-0.2, -0.15) is 0 Å². The summed E-state index contributed by atoms with van der Waals surface area (Å²) in [5.41, 5.74) is 1.53. The van der Waals surface area contributed by atoms with E-state index in [1.807, 2.05) is 78.9 Å². The highest BCUT2D eigenvalue weighted by atomic mass is 16.5. The Morgan fingerprint density at radius 1 is 0.932 bits per heavy atom. The molecule has 0 unspecified atom stereocenters. The van der Waals surface area contributed by atoms with Gasteiger partial charge in [0, 0.05) is 18.7 Å². The number of nitrogens with zero attached hydrogens (tertiary/aromatic N) is 1. The predicted molar refractivity (Wildman–Crippen MR) is 167 cm³/mol. The van der Waals surface area contributed by atoms with Gasteiger partial charge in [0.2, 0.25) is 11.8 Å². The highest BCUT2D eigenvalue weighted by Gasteiger charge is 2.33. The topological polar surface area (TPSA) is 125 Å². The third kappa shape index (κ3) is 7.90. The molecule has 3 N–H and O–H groups in total. The fourth-order valence-corrected chi connectivity index (χ4v) is 5.90. The maximum atomic E-state index is 13.6. The van der Waals surface area contributed by atoms with Crippen LogP contribution in [0.15, 0.2) is 84.9 Å². The van der Waals surface area contributed by atoms with Crippen molar-refractivity contribution in [1.82, 2.24) is 10.2 Å². The molecule has 0 spiro atoms. The third-order valence-electron chi connectivity index (χ3n) is 8.41. The molecule has 2 aliphatic rings. The van der Waals surface area contributed by atoms with E-state index >= 15 is 0 Å². The van der Waals surface area contributed by atoms with Crippen LogP contribution >= 0.6 is 0 Å². The lowest BCUT2D eigenvalue weighted by molar-refractivity contribution is -0.150. The fourth-order valence-electron chi connectivity index (χ4n) is 5.90. The van der Waals surface area contributed by atoms with Crippen molar-refractivity contribution in [3.63, 3.8) is 0 Å². The number of fused-ring (bicyclic) bond motifs is 1. The molecule has 5 rings (SSSR count). The molecule has 3 amide bonds. The molecule has 44 heavy (non-hydrogen) atoms. The zero-order valence-electron chi connectivity index (χ0n) is 24.7. The number of ether oxygens (including phenoxy) is 1. The lowest BCUT2D eigenvalue weighted by Gasteiger charge is -2.27. The van der Waals surface area contributed by atoms with Crippen LogP contribution in [0.3, 0.4) is 0 Å². The van der Waals surface area contributed by atoms with Gasteiger partial charge in [0.15, 0.2) is 0 Å². The Balaban J connectivity index is 1.36. The summed E-state index contributed by atoms with van der Waals surface area (Å²) in [7, 11) is 0. The minimum Gasteiger partial charge on any atom is -0.463 e. The monoisotopic (exact) mass is 597 g/mol. The molecule has 0 aromatic heterocycles. The van der Waals surface area contributed by atoms with Gasteiger partial charge in [0.05, 0.1) is 24.5 Å². The van der Waals surface area contributed by atoms with Crippen molar-refractivity contribution >= 4 is 40.2 Å². The molecule has 0 bridgehead atoms. The maximum Gasteiger partial charge on any atom is 0.309 e. The number of amides is 3. The number of anilines is 1. The van der Waals surface area contributed by atoms with E-state index in [2.05, 4.69) is 10.6 Å². The van der Waals surface area contributed by atoms with Crippen molar-refractivity contribution in [3.05, 3.63) is 90.5 Å². The first-order valence-corrected chi connectivity index (χ1v) is 15.3. The number of esters is 1. The van der Waals surface area contributed by atoms with E-state index in [1.54, 1.807) is 11.0 Å². The van der Waals surface area contributed by atoms with Gasteiger partial charge in [0.1, 0.15) is 12.6 Å². The molecule has 2 aliphatic heterocycles. The molecular weight excluding hydrogens is 558 g/mol. The highest BCUT2D eigenvalue weighted by molar-refractivity contribution is 5.99. The number of hydrogen-bond donors (Lipinski definition) is 3. The minimum atomic E-state index is -1.17. The Hall–Kier alpha value is -4.50. The van der Waals surface area contributed by atoms with E-state index in [0.29, 0.717) is 25.1 Å². The number of likely N-dealkylation sites (tertiary alicyclic amines) is 1. The zero-order chi connectivity index (χ0) is 30.9. The summed E-state index contributed by atoms with van der Waals surface area (Å²) in [6, 6.07) is 21.5. The molecule has 3 aromatic rings. The Morgan fingerprint density at radius 2 is 1.66 bits per heavy atom. The number of carbonyl (C=O) groups is 4. The van der Waals surface area contributed by atoms with Crippen molar-refractivity contribution in [1.29, 1.82) is 0 Å². The van der Waals surface area contributed by atoms with Crippen molar-refractivity contribution in [2.24, 2.45) is 11.8 Å². The summed E-state index contributed by atoms with van der Waals surface area (Å²) in [4.78, 5) is 55.2. The predicted octanol–water partition coefficient (Wildman–Crippen LogP) is 4.00. The molecular formula is C35H39N3O6. The molecule has 2 heterocycles. The Kier molecular flexibility index (Phi) is 10.4. The number of nitrogens with one attached hydrogen (secondary N) is 2. The first kappa shape index (κ1) is 30.9. The van der Waals surface area contributed by atoms with Gasteiger partial charge >= 0.3 is 5.97 Å². The first-order chi connectivity index (χ1) is 21.4. The molecule has 3 aromatic carbocycles. The zero-order valence-corrected chi connectivity index (χ0v) is 24.7. The molecule has 0 aliphatic carbocycles. The number of hydrogen-bond acceptors (Lipinski definition) is 6. The number of aliphatic hydroxyl groups is 1. The second-order valence-electron chi connectivity index (χ2n) is 11.5. The number of benzene rings is 3. The highest BCUT2D eigenvalue weighted by Crippen LogP contribution is 2.23. The van der Waals surface area contributed by atoms with Crippen LogP contribution in [0.1, 0.15) is 37.7 Å². The van der Waals surface area contributed by atoms with E-state index in [-0.39, 0.29) is 38.0 Å². The molecule has 9 heteroatoms. The van der Waals surface area contributed by atoms with E-state index in [9.17, 15) is 24.3 Å². The standard InChI is InChI=1S/C35H39N3O6/c39-22-30-15-8-18-38(30)32(40)21-27-13-6-7-14-28(19-24-9-2-1-3-10-24)35(43)44-23-31(37-33(27)41)34(42)36-29-17-16-25-11-4-5-12-26(25)20-29/h1-7,9-12,16-17,20,27-28,30-31,39H,8,13-15,18-19,21-23H2,(H,36,42)(H,37,41)/t27-,28+,30+,31+/m1/s1. The Bertz CT molecular complexity index is 1510. The SMILES string of the molecule is O=C1N[C@H](C(=O)Nc2ccc3ccccc3c2)COC(=O)[C@H](Cc2ccccc2)CC=CC[C@@H]1CC(=O)N1CCC[C@H]1CO. The maximum absolute atomic E-state index is 13.6. The summed E-state index contributed by atoms with van der Waals surface area (Å²) < 4.78 is 5.66. The van der Waals surface area contributed by atoms with Crippen LogP contribution in [0.25, 0.3) is 10.8 Å². The molecule has 0 radical (unpaired) electrons. The summed E-state index contributed by atoms with van der Waals surface area (Å²) in [6.45, 7) is 0.0776. The molecule has 9 nitrogen and oxygen atoms in total. The summed E-state index contributed by atoms with van der Waals surface area (Å²) in [5.74, 6) is -2.88. The number of cyclic esters (lactones) is 1. The van der Waals surface area contributed by atoms with Crippen LogP contribution in [0, 0.1) is 11.8 Å². The average molecular weight is 598 g/mol. The fraction of sp³-hybridized carbons (Fsp3) is 0.371. The third-order valence-corrected chi connectivity index (χ3v) is 8.41. The van der Waals surface area contributed by atoms with Crippen LogP contribution in [0.2, 0.25) is 0 Å². The summed E-state index contributed by atoms with van der Waals surface area (Å²) in [5, 5.41) is 17.3. The van der Waals surface area contributed by atoms with Gasteiger partial charge in [-0.3, -0.25) is 19.2 Å². The summed E-state index contributed by atoms with van der Waals surface area (Å²) in [6.07, 6.45) is 6.27. The van der Waals surface area contributed by atoms with Gasteiger partial charge in [-0.15, -0.1) is 0 Å². The molecule has 230 valence electrons. The second kappa shape index (κ2) is 14.8. The van der Waals surface area contributed by atoms with Gasteiger partial charge < -0.3 is 25.4 Å². The van der Waals surface area contributed by atoms with Crippen LogP contribution < -0.4 is 10.6 Å². The normalized spacial score (nSPS) is 22.9. The molecule has 0 saturated carbocycles. The Morgan fingerprint density at radius 3 is 2.43 bits per heavy atom. The quantitative estimate of drug-likeness (QED) is 0.279. The number of allylic oxidation sites excluding steroid dienone is 2. The molecule has 4 atom stereocenters. The summed E-state index contributed by atoms with van der Waals surface area (Å²) >= 11 is 0. The van der Waals surface area contributed by atoms with Crippen molar-refractivity contribution < 1.29 is 29.0 Å². The van der Waals surface area contributed by atoms with Gasteiger partial charge in [0.25, 0.3) is 5.91 Å². The lowest BCUT2D eigenvalue weighted by atomic mass is 9.94. The van der Waals surface area contributed by atoms with E-state index in [0.717, 1.165) is 29.2 Å². The van der Waals surface area contributed by atoms with Crippen molar-refractivity contribution in [3.8, 4) is 0 Å². The van der Waals surface area contributed by atoms with Crippen LogP contribution in [-0.2, 0) is 30.3 Å². The van der Waals surface area contributed by atoms with Crippen LogP contribution in [0.5, 0.6) is 0 Å². The first-order valence-electron chi connectivity index (χ1n) is 15.3. The van der Waals surface area contributed by atoms with E-state index in [1.165, 1.54) is 0 Å². The smallest absolute Gasteiger partial charge is 0.309 e. The van der Waals surface area contributed by atoms with Gasteiger partial charge in [-0.25, -0.2) is 0 Å². The number of aliphatic hydroxyl groups excluding tert-OH is 1. The van der Waals surface area contributed by atoms with Crippen molar-refractivity contribution in [2.45, 2.75) is 50.6 Å². The van der Waals surface area contributed by atoms with Gasteiger partial charge in [-0.05, 0) is 60.6 Å². The lowest BCUT2D eigenvalue weighted by Crippen LogP contribution is -2.50. The Labute approximate surface area is 257 Å². The minimum absolute atomic E-state index is 0.0566. The van der Waals surface area contributed by atoms with Crippen LogP contribution in [0.4, 0.5) is 5.69 Å². The number of carbonyl (C=O) groups excluding carboxylic acids is 4.